The van der Waals surface area contributed by atoms with Crippen molar-refractivity contribution in [1.29, 1.82) is 0 Å². The first-order chi connectivity index (χ1) is 20.2. The van der Waals surface area contributed by atoms with Gasteiger partial charge in [0.05, 0.1) is 21.6 Å². The molecule has 1 saturated heterocycles. The van der Waals surface area contributed by atoms with Crippen LogP contribution in [0.4, 0.5) is 0 Å². The number of fused-ring (bicyclic) bond motifs is 1. The van der Waals surface area contributed by atoms with E-state index < -0.39 is 15.6 Å². The largest absolute Gasteiger partial charge is 0.467 e. The molecule has 10 heteroatoms. The van der Waals surface area contributed by atoms with Gasteiger partial charge < -0.3 is 14.7 Å². The molecule has 1 aromatic heterocycles. The van der Waals surface area contributed by atoms with Gasteiger partial charge in [0.25, 0.3) is 11.1 Å². The van der Waals surface area contributed by atoms with Gasteiger partial charge in [-0.15, -0.1) is 0 Å². The molecule has 0 atom stereocenters. The second-order valence-corrected chi connectivity index (χ2v) is 16.4. The molecule has 0 aliphatic carbocycles. The molecule has 2 aliphatic rings. The first-order valence-corrected chi connectivity index (χ1v) is 17.5. The first kappa shape index (κ1) is 31.6. The van der Waals surface area contributed by atoms with Gasteiger partial charge in [0.15, 0.2) is 0 Å². The van der Waals surface area contributed by atoms with Crippen LogP contribution in [0.3, 0.4) is 0 Å². The quantitative estimate of drug-likeness (QED) is 0.337. The molecular weight excluding hydrogens is 583 g/mol. The van der Waals surface area contributed by atoms with Crippen molar-refractivity contribution in [2.75, 3.05) is 31.9 Å². The van der Waals surface area contributed by atoms with E-state index in [0.29, 0.717) is 37.8 Å². The number of aliphatic hydroxyl groups is 1. The zero-order valence-electron chi connectivity index (χ0n) is 25.8. The van der Waals surface area contributed by atoms with E-state index in [2.05, 4.69) is 26.8 Å². The minimum atomic E-state index is -3.41. The van der Waals surface area contributed by atoms with Crippen molar-refractivity contribution in [2.45, 2.75) is 77.4 Å². The number of likely N-dealkylation sites (tertiary alicyclic amines) is 1. The zero-order chi connectivity index (χ0) is 31.0. The highest BCUT2D eigenvalue weighted by Crippen LogP contribution is 2.34. The summed E-state index contributed by atoms with van der Waals surface area (Å²) >= 11 is 1.52. The standard InChI is InChI=1S/C33H43N3O5S2/c1-32(2,3)26-9-6-24(7-10-26)30(37)35-17-14-27(15-18-35)41-31-34-28-11-8-25(22-29(28)42-31)23-12-19-36(20-13-23)43(39,40)21-16-33(4,5)38/h6-12,22,27,38H,13-21H2,1-5H3. The average Bonchev–Trinajstić information content (AvgIpc) is 3.37. The lowest BCUT2D eigenvalue weighted by molar-refractivity contribution is 0.0595. The van der Waals surface area contributed by atoms with Gasteiger partial charge in [-0.1, -0.05) is 56.4 Å². The van der Waals surface area contributed by atoms with Crippen LogP contribution in [0.2, 0.25) is 0 Å². The maximum absolute atomic E-state index is 13.1. The number of ether oxygens (including phenoxy) is 1. The zero-order valence-corrected chi connectivity index (χ0v) is 27.4. The number of piperidine rings is 1. The number of hydrogen-bond acceptors (Lipinski definition) is 7. The Labute approximate surface area is 259 Å². The Hall–Kier alpha value is -2.79. The molecule has 8 nitrogen and oxygen atoms in total. The van der Waals surface area contributed by atoms with Gasteiger partial charge in [0.2, 0.25) is 10.0 Å². The number of hydrogen-bond donors (Lipinski definition) is 1. The molecular formula is C33H43N3O5S2. The summed E-state index contributed by atoms with van der Waals surface area (Å²) in [5.74, 6) is 0.00838. The fourth-order valence-electron chi connectivity index (χ4n) is 5.44. The predicted octanol–water partition coefficient (Wildman–Crippen LogP) is 5.86. The van der Waals surface area contributed by atoms with Crippen molar-refractivity contribution >= 4 is 43.1 Å². The Bertz CT molecular complexity index is 1590. The van der Waals surface area contributed by atoms with Crippen molar-refractivity contribution in [2.24, 2.45) is 0 Å². The van der Waals surface area contributed by atoms with E-state index in [9.17, 15) is 18.3 Å². The summed E-state index contributed by atoms with van der Waals surface area (Å²) in [6.45, 7) is 11.8. The molecule has 0 spiro atoms. The number of amides is 1. The van der Waals surface area contributed by atoms with E-state index >= 15 is 0 Å². The maximum Gasteiger partial charge on any atom is 0.274 e. The van der Waals surface area contributed by atoms with Crippen LogP contribution < -0.4 is 4.74 Å². The number of sulfonamides is 1. The molecule has 43 heavy (non-hydrogen) atoms. The molecule has 3 heterocycles. The summed E-state index contributed by atoms with van der Waals surface area (Å²) in [6.07, 6.45) is 4.35. The van der Waals surface area contributed by atoms with E-state index in [1.165, 1.54) is 21.2 Å². The molecule has 0 bridgehead atoms. The fraction of sp³-hybridized carbons (Fsp3) is 0.515. The predicted molar refractivity (Wildman–Crippen MR) is 173 cm³/mol. The highest BCUT2D eigenvalue weighted by molar-refractivity contribution is 7.89. The van der Waals surface area contributed by atoms with E-state index in [-0.39, 0.29) is 29.6 Å². The molecule has 2 aromatic carbocycles. The Morgan fingerprint density at radius 2 is 1.74 bits per heavy atom. The van der Waals surface area contributed by atoms with Crippen molar-refractivity contribution in [3.63, 3.8) is 0 Å². The summed E-state index contributed by atoms with van der Waals surface area (Å²) in [7, 11) is -3.41. The van der Waals surface area contributed by atoms with Gasteiger partial charge >= 0.3 is 0 Å². The molecule has 3 aromatic rings. The minimum absolute atomic E-state index is 0.0118. The summed E-state index contributed by atoms with van der Waals surface area (Å²) in [5.41, 5.74) is 4.05. The third-order valence-corrected chi connectivity index (χ3v) is 11.0. The van der Waals surface area contributed by atoms with Crippen LogP contribution in [0.1, 0.15) is 81.8 Å². The molecule has 0 saturated carbocycles. The molecule has 232 valence electrons. The molecule has 0 radical (unpaired) electrons. The number of nitrogens with zero attached hydrogens (tertiary/aromatic N) is 3. The number of carbonyl (C=O) groups is 1. The van der Waals surface area contributed by atoms with Gasteiger partial charge in [0, 0.05) is 44.6 Å². The van der Waals surface area contributed by atoms with Crippen LogP contribution in [0.15, 0.2) is 48.5 Å². The topological polar surface area (TPSA) is 100 Å². The van der Waals surface area contributed by atoms with Crippen molar-refractivity contribution in [3.8, 4) is 5.19 Å². The van der Waals surface area contributed by atoms with E-state index in [1.807, 2.05) is 47.4 Å². The van der Waals surface area contributed by atoms with Gasteiger partial charge in [-0.25, -0.2) is 13.4 Å². The lowest BCUT2D eigenvalue weighted by atomic mass is 9.86. The second kappa shape index (κ2) is 12.3. The number of benzene rings is 2. The molecule has 1 fully saturated rings. The van der Waals surface area contributed by atoms with Crippen LogP contribution >= 0.6 is 11.3 Å². The third kappa shape index (κ3) is 7.84. The summed E-state index contributed by atoms with van der Waals surface area (Å²) < 4.78 is 34.2. The van der Waals surface area contributed by atoms with Crippen LogP contribution in [0, 0.1) is 0 Å². The summed E-state index contributed by atoms with van der Waals surface area (Å²) in [5, 5.41) is 10.6. The smallest absolute Gasteiger partial charge is 0.274 e. The Balaban J connectivity index is 1.16. The molecule has 2 aliphatic heterocycles. The average molecular weight is 626 g/mol. The molecule has 1 N–H and O–H groups in total. The molecule has 5 rings (SSSR count). The Kier molecular flexibility index (Phi) is 9.05. The van der Waals surface area contributed by atoms with Crippen molar-refractivity contribution in [1.82, 2.24) is 14.2 Å². The number of thiazole rings is 1. The number of carbonyl (C=O) groups excluding carboxylic acids is 1. The van der Waals surface area contributed by atoms with Crippen LogP contribution in [-0.4, -0.2) is 77.3 Å². The van der Waals surface area contributed by atoms with Gasteiger partial charge in [-0.05, 0) is 73.1 Å². The van der Waals surface area contributed by atoms with Crippen molar-refractivity contribution < 1.29 is 23.1 Å². The second-order valence-electron chi connectivity index (χ2n) is 13.3. The maximum atomic E-state index is 13.1. The monoisotopic (exact) mass is 625 g/mol. The molecule has 1 amide bonds. The normalized spacial score (nSPS) is 17.7. The van der Waals surface area contributed by atoms with Crippen LogP contribution in [0.5, 0.6) is 5.19 Å². The number of rotatable bonds is 8. The highest BCUT2D eigenvalue weighted by Gasteiger charge is 2.28. The van der Waals surface area contributed by atoms with E-state index in [4.69, 9.17) is 9.72 Å². The SMILES string of the molecule is CC(C)(O)CCS(=O)(=O)N1CC=C(c2ccc3nc(OC4CCN(C(=O)c5ccc(C(C)(C)C)cc5)CC4)sc3c2)CC1. The third-order valence-electron chi connectivity index (χ3n) is 8.27. The highest BCUT2D eigenvalue weighted by atomic mass is 32.2. The summed E-state index contributed by atoms with van der Waals surface area (Å²) in [4.78, 5) is 19.7. The van der Waals surface area contributed by atoms with Gasteiger partial charge in [-0.3, -0.25) is 4.79 Å². The lowest BCUT2D eigenvalue weighted by Gasteiger charge is -2.31. The number of aromatic nitrogens is 1. The lowest BCUT2D eigenvalue weighted by Crippen LogP contribution is -2.41. The van der Waals surface area contributed by atoms with Crippen LogP contribution in [0.25, 0.3) is 15.8 Å². The van der Waals surface area contributed by atoms with Gasteiger partial charge in [-0.2, -0.15) is 4.31 Å². The van der Waals surface area contributed by atoms with E-state index in [1.54, 1.807) is 13.8 Å². The van der Waals surface area contributed by atoms with Crippen LogP contribution in [-0.2, 0) is 15.4 Å². The summed E-state index contributed by atoms with van der Waals surface area (Å²) in [6, 6.07) is 14.1. The Morgan fingerprint density at radius 1 is 1.05 bits per heavy atom. The van der Waals surface area contributed by atoms with Gasteiger partial charge in [0.1, 0.15) is 6.10 Å². The minimum Gasteiger partial charge on any atom is -0.467 e. The first-order valence-electron chi connectivity index (χ1n) is 15.0. The fourth-order valence-corrected chi connectivity index (χ4v) is 8.05. The Morgan fingerprint density at radius 3 is 2.35 bits per heavy atom. The van der Waals surface area contributed by atoms with Crippen molar-refractivity contribution in [3.05, 3.63) is 65.2 Å². The van der Waals surface area contributed by atoms with E-state index in [0.717, 1.165) is 39.8 Å². The molecule has 0 unspecified atom stereocenters.